The summed E-state index contributed by atoms with van der Waals surface area (Å²) in [5.74, 6) is 4.67. The van der Waals surface area contributed by atoms with Gasteiger partial charge < -0.3 is 14.2 Å². The molecule has 0 bridgehead atoms. The molecule has 0 fully saturated rings. The second-order valence-corrected chi connectivity index (χ2v) is 33.6. The van der Waals surface area contributed by atoms with Gasteiger partial charge in [0.1, 0.15) is 34.5 Å². The zero-order valence-electron chi connectivity index (χ0n) is 68.0. The molecule has 0 radical (unpaired) electrons. The minimum Gasteiger partial charge on any atom is -0.456 e. The number of aromatic nitrogens is 1. The molecule has 0 N–H and O–H groups in total. The molecule has 1 aromatic heterocycles. The number of benzene rings is 24. The Morgan fingerprint density at radius 1 is 0.173 bits per heavy atom. The van der Waals surface area contributed by atoms with Crippen LogP contribution in [0.2, 0.25) is 0 Å². The Balaban J connectivity index is 0.000000103. The van der Waals surface area contributed by atoms with Crippen LogP contribution in [0.25, 0.3) is 240 Å². The zero-order chi connectivity index (χ0) is 83.8. The Morgan fingerprint density at radius 3 is 0.874 bits per heavy atom. The topological polar surface area (TPSA) is 112 Å². The van der Waals surface area contributed by atoms with Crippen LogP contribution in [0.15, 0.2) is 389 Å². The molecule has 0 amide bonds. The smallest absolute Gasteiger partial charge is 0.136 e. The van der Waals surface area contributed by atoms with Crippen molar-refractivity contribution in [3.05, 3.63) is 405 Å². The van der Waals surface area contributed by atoms with Gasteiger partial charge in [0, 0.05) is 50.8 Å². The minimum absolute atomic E-state index is 0.592. The van der Waals surface area contributed by atoms with E-state index in [0.29, 0.717) is 16.7 Å². The monoisotopic (exact) mass is 1610 g/mol. The lowest BCUT2D eigenvalue weighted by atomic mass is 9.87. The number of fused-ring (bicyclic) bond motifs is 7. The van der Waals surface area contributed by atoms with Gasteiger partial charge in [0.25, 0.3) is 0 Å². The molecule has 0 saturated carbocycles. The van der Waals surface area contributed by atoms with Crippen molar-refractivity contribution in [2.24, 2.45) is 0 Å². The third-order valence-corrected chi connectivity index (χ3v) is 26.7. The lowest BCUT2D eigenvalue weighted by Gasteiger charge is -2.23. The number of hydrogen-bond acceptors (Lipinski definition) is 7. The Kier molecular flexibility index (Phi) is 15.6. The van der Waals surface area contributed by atoms with Crippen LogP contribution in [-0.4, -0.2) is 4.98 Å². The maximum atomic E-state index is 9.43. The van der Waals surface area contributed by atoms with Crippen molar-refractivity contribution in [3.8, 4) is 153 Å². The first kappa shape index (κ1) is 71.2. The molecule has 7 nitrogen and oxygen atoms in total. The van der Waals surface area contributed by atoms with Crippen LogP contribution < -0.4 is 14.2 Å². The molecule has 0 aliphatic carbocycles. The lowest BCUT2D eigenvalue weighted by Crippen LogP contribution is -1.98. The highest BCUT2D eigenvalue weighted by Gasteiger charge is 2.28. The summed E-state index contributed by atoms with van der Waals surface area (Å²) < 4.78 is 19.0. The van der Waals surface area contributed by atoms with Crippen LogP contribution in [0, 0.1) is 34.0 Å². The molecule has 582 valence electrons. The van der Waals surface area contributed by atoms with Gasteiger partial charge in [0.15, 0.2) is 0 Å². The fourth-order valence-electron chi connectivity index (χ4n) is 21.0. The van der Waals surface area contributed by atoms with Crippen molar-refractivity contribution in [1.29, 1.82) is 15.8 Å². The predicted molar refractivity (Wildman–Crippen MR) is 522 cm³/mol. The molecule has 3 aliphatic heterocycles. The van der Waals surface area contributed by atoms with Gasteiger partial charge in [-0.15, -0.1) is 0 Å². The van der Waals surface area contributed by atoms with E-state index in [1.165, 1.54) is 169 Å². The molecular formula is C120H64N4O3. The van der Waals surface area contributed by atoms with Crippen LogP contribution in [-0.2, 0) is 0 Å². The molecule has 0 saturated heterocycles. The zero-order valence-corrected chi connectivity index (χ0v) is 68.0. The summed E-state index contributed by atoms with van der Waals surface area (Å²) in [6, 6.07) is 141. The highest BCUT2D eigenvalue weighted by Crippen LogP contribution is 2.55. The Labute approximate surface area is 728 Å². The summed E-state index contributed by atoms with van der Waals surface area (Å²) in [5.41, 5.74) is 22.6. The van der Waals surface area contributed by atoms with Crippen LogP contribution in [0.4, 0.5) is 0 Å². The van der Waals surface area contributed by atoms with E-state index in [4.69, 9.17) is 14.2 Å². The molecule has 0 atom stereocenters. The summed E-state index contributed by atoms with van der Waals surface area (Å²) >= 11 is 0. The van der Waals surface area contributed by atoms with Gasteiger partial charge in [0.05, 0.1) is 34.9 Å². The Bertz CT molecular complexity index is 9100. The van der Waals surface area contributed by atoms with E-state index >= 15 is 0 Å². The summed E-state index contributed by atoms with van der Waals surface area (Å²) in [6.45, 7) is 0. The SMILES string of the molecule is N#Cc1ccc2c(c1)Oc1cccc3c(-c4cc5ccc6cc(-c7ccccc7)cc7ccc(c4)c5c67)ccc-2c13.N#Cc1ccc2c(c1)Oc1cccc3c(-c4cc5ccc6cccc7ccc(c4)c5c67)ccc-2c13.N#Cc1ccc2c(c1)Oc1cccc3c(-c4ccc5cc(-c6ccc7ccc8c(-c9cccnc9)ccc9ccc6c7c98)ccc5c4)ccc-2c13. The van der Waals surface area contributed by atoms with Gasteiger partial charge in [-0.2, -0.15) is 15.8 Å². The summed E-state index contributed by atoms with van der Waals surface area (Å²) in [7, 11) is 0. The number of ether oxygens (including phenoxy) is 3. The van der Waals surface area contributed by atoms with Crippen LogP contribution in [0.3, 0.4) is 0 Å². The van der Waals surface area contributed by atoms with E-state index in [9.17, 15) is 15.8 Å². The van der Waals surface area contributed by atoms with E-state index < -0.39 is 0 Å². The van der Waals surface area contributed by atoms with Crippen molar-refractivity contribution in [2.45, 2.75) is 0 Å². The van der Waals surface area contributed by atoms with E-state index in [-0.39, 0.29) is 0 Å². The summed E-state index contributed by atoms with van der Waals surface area (Å²) in [4.78, 5) is 4.40. The van der Waals surface area contributed by atoms with Gasteiger partial charge in [-0.05, 0) is 329 Å². The first-order chi connectivity index (χ1) is 62.7. The predicted octanol–water partition coefficient (Wildman–Crippen LogP) is 32.7. The van der Waals surface area contributed by atoms with Gasteiger partial charge in [-0.25, -0.2) is 0 Å². The van der Waals surface area contributed by atoms with E-state index in [0.717, 1.165) is 106 Å². The molecule has 0 spiro atoms. The fraction of sp³-hybridized carbons (Fsp3) is 0. The molecule has 0 unspecified atom stereocenters. The van der Waals surface area contributed by atoms with Gasteiger partial charge in [-0.3, -0.25) is 4.98 Å². The first-order valence-corrected chi connectivity index (χ1v) is 42.7. The summed E-state index contributed by atoms with van der Waals surface area (Å²) in [5, 5.41) is 60.4. The molecular weight excluding hydrogens is 1550 g/mol. The van der Waals surface area contributed by atoms with Crippen LogP contribution >= 0.6 is 0 Å². The van der Waals surface area contributed by atoms with Crippen molar-refractivity contribution < 1.29 is 14.2 Å². The quantitative estimate of drug-likeness (QED) is 0.152. The first-order valence-electron chi connectivity index (χ1n) is 42.7. The molecule has 127 heavy (non-hydrogen) atoms. The third-order valence-electron chi connectivity index (χ3n) is 26.7. The normalized spacial score (nSPS) is 12.1. The molecule has 3 aliphatic rings. The van der Waals surface area contributed by atoms with Gasteiger partial charge in [-0.1, -0.05) is 249 Å². The molecule has 28 rings (SSSR count). The summed E-state index contributed by atoms with van der Waals surface area (Å²) in [6.07, 6.45) is 3.78. The number of nitrogens with zero attached hydrogens (tertiary/aromatic N) is 4. The standard InChI is InChI=1S/C48H26N2O.C39H21NO.C33H17NO/c49-26-28-6-15-39-43-21-20-37(40-4-1-5-44(48(40)43)51-45(39)23-28)34-10-8-31-24-33(9-7-32(31)25-34)36-16-11-29-14-19-42-38(35-3-2-22-50-27-35)17-12-30-13-18-41(36)46(29)47(30)42;40-22-23-9-14-32-34-16-15-31(33-7-4-8-35(39(33)34)41-36(32)17-23)30-20-27-12-10-25-18-29(24-5-2-1-3-6-24)19-26-11-13-28(21-30)38(27)37(25)26;34-18-19-7-12-26-28-14-13-25(27-5-2-6-29(33(27)28)35-30(26)15-19)24-16-22-10-8-20-3-1-4-21-9-11-23(17-24)32(22)31(20)21/h1-25,27H;1-21H;1-17H. The van der Waals surface area contributed by atoms with Crippen molar-refractivity contribution in [3.63, 3.8) is 0 Å². The van der Waals surface area contributed by atoms with Crippen molar-refractivity contribution >= 4 is 140 Å². The Hall–Kier alpha value is -17.5. The second-order valence-electron chi connectivity index (χ2n) is 33.6. The highest BCUT2D eigenvalue weighted by atomic mass is 16.5. The van der Waals surface area contributed by atoms with E-state index in [1.54, 1.807) is 0 Å². The Morgan fingerprint density at radius 2 is 0.472 bits per heavy atom. The number of rotatable bonds is 6. The second kappa shape index (κ2) is 27.7. The van der Waals surface area contributed by atoms with Crippen molar-refractivity contribution in [1.82, 2.24) is 4.98 Å². The van der Waals surface area contributed by atoms with Gasteiger partial charge >= 0.3 is 0 Å². The average Bonchev–Trinajstić information content (AvgIpc) is 0.732. The number of nitriles is 3. The largest absolute Gasteiger partial charge is 0.456 e. The van der Waals surface area contributed by atoms with E-state index in [1.807, 2.05) is 97.3 Å². The maximum absolute atomic E-state index is 9.43. The molecule has 25 aromatic rings. The highest BCUT2D eigenvalue weighted by molar-refractivity contribution is 6.30. The van der Waals surface area contributed by atoms with Crippen LogP contribution in [0.1, 0.15) is 16.7 Å². The lowest BCUT2D eigenvalue weighted by molar-refractivity contribution is 0.486. The maximum Gasteiger partial charge on any atom is 0.136 e. The van der Waals surface area contributed by atoms with E-state index in [2.05, 4.69) is 314 Å². The molecule has 4 heterocycles. The fourth-order valence-corrected chi connectivity index (χ4v) is 21.0. The van der Waals surface area contributed by atoms with Crippen molar-refractivity contribution in [2.75, 3.05) is 0 Å². The number of pyridine rings is 1. The number of hydrogen-bond donors (Lipinski definition) is 0. The minimum atomic E-state index is 0.592. The third kappa shape index (κ3) is 11.1. The van der Waals surface area contributed by atoms with Crippen LogP contribution in [0.5, 0.6) is 34.5 Å². The molecule has 7 heteroatoms. The average molecular weight is 1610 g/mol. The molecule has 24 aromatic carbocycles. The van der Waals surface area contributed by atoms with Gasteiger partial charge in [0.2, 0.25) is 0 Å².